The van der Waals surface area contributed by atoms with Crippen molar-refractivity contribution in [3.63, 3.8) is 0 Å². The van der Waals surface area contributed by atoms with E-state index >= 15 is 0 Å². The molecule has 33 heteroatoms. The first-order valence-corrected chi connectivity index (χ1v) is 49.1. The third-order valence-electron chi connectivity index (χ3n) is 21.1. The average molecular weight is 1980 g/mol. The molecule has 135 heavy (non-hydrogen) atoms. The Morgan fingerprint density at radius 2 is 1.01 bits per heavy atom. The highest BCUT2D eigenvalue weighted by Crippen LogP contribution is 2.46. The Morgan fingerprint density at radius 1 is 0.578 bits per heavy atom. The van der Waals surface area contributed by atoms with Gasteiger partial charge >= 0.3 is 18.2 Å². The number of methoxy groups -OCH3 is 1. The van der Waals surface area contributed by atoms with E-state index in [0.717, 1.165) is 46.8 Å². The summed E-state index contributed by atoms with van der Waals surface area (Å²) in [6.45, 7) is 33.8. The predicted octanol–water partition coefficient (Wildman–Crippen LogP) is 19.9. The summed E-state index contributed by atoms with van der Waals surface area (Å²) in [5.74, 6) is -2.63. The summed E-state index contributed by atoms with van der Waals surface area (Å²) < 4.78 is 30.6. The number of carbonyl (C=O) groups is 10. The number of nitrogens with one attached hydrogen (secondary N) is 2. The number of aliphatic hydroxyl groups excluding tert-OH is 4. The number of anilines is 2. The molecule has 11 rings (SSSR count). The van der Waals surface area contributed by atoms with E-state index in [1.54, 1.807) is 75.7 Å². The molecule has 2 saturated heterocycles. The smallest absolute Gasteiger partial charge is 0.416 e. The number of fused-ring (bicyclic) bond motifs is 4. The summed E-state index contributed by atoms with van der Waals surface area (Å²) in [5, 5.41) is 46.9. The lowest BCUT2D eigenvalue weighted by molar-refractivity contribution is -0.137. The Labute approximate surface area is 826 Å². The van der Waals surface area contributed by atoms with Crippen molar-refractivity contribution in [3.05, 3.63) is 202 Å². The molecule has 5 heterocycles. The number of nitrogens with two attached hydrogens (primary N) is 1. The van der Waals surface area contributed by atoms with Gasteiger partial charge in [0.05, 0.1) is 74.2 Å². The molecule has 0 spiro atoms. The number of primary amides is 1. The van der Waals surface area contributed by atoms with Crippen LogP contribution in [0.15, 0.2) is 172 Å². The lowest BCUT2D eigenvalue weighted by Gasteiger charge is -2.31. The number of aryl methyl sites for hydroxylation is 1. The number of Topliss-reactive ketones (excluding diaryl/α,β-unsaturated/α-hetero) is 2. The Morgan fingerprint density at radius 3 is 1.46 bits per heavy atom. The van der Waals surface area contributed by atoms with Crippen LogP contribution in [-0.2, 0) is 66.3 Å². The molecule has 6 aromatic carbocycles. The number of benzene rings is 6. The first-order chi connectivity index (χ1) is 61.9. The van der Waals surface area contributed by atoms with E-state index in [1.807, 2.05) is 85.3 Å². The van der Waals surface area contributed by atoms with Gasteiger partial charge < -0.3 is 70.3 Å². The monoisotopic (exact) mass is 1980 g/mol. The molecule has 8 N–H and O–H groups in total. The van der Waals surface area contributed by atoms with Gasteiger partial charge in [-0.1, -0.05) is 240 Å². The summed E-state index contributed by atoms with van der Waals surface area (Å²) in [4.78, 5) is 143. The van der Waals surface area contributed by atoms with Gasteiger partial charge in [0.2, 0.25) is 5.91 Å². The zero-order valence-electron chi connectivity index (χ0n) is 77.2. The van der Waals surface area contributed by atoms with E-state index in [2.05, 4.69) is 123 Å². The highest BCUT2D eigenvalue weighted by Gasteiger charge is 2.48. The van der Waals surface area contributed by atoms with Gasteiger partial charge in [0.25, 0.3) is 23.6 Å². The van der Waals surface area contributed by atoms with Gasteiger partial charge in [0, 0.05) is 105 Å². The molecule has 9 amide bonds. The zero-order valence-corrected chi connectivity index (χ0v) is 82.2. The summed E-state index contributed by atoms with van der Waals surface area (Å²) in [6, 6.07) is 32.7. The number of rotatable bonds is 37. The fraction of sp³-hybridized carbons (Fsp3) is 0.490. The maximum absolute atomic E-state index is 14.4. The zero-order chi connectivity index (χ0) is 96.2. The van der Waals surface area contributed by atoms with Crippen molar-refractivity contribution >= 4 is 139 Å². The Kier molecular flexibility index (Phi) is 48.8. The second-order valence-electron chi connectivity index (χ2n) is 36.0. The largest absolute Gasteiger partial charge is 0.493 e. The third-order valence-corrected chi connectivity index (χ3v) is 28.2. The number of ether oxygens (including phenoxy) is 5. The molecule has 2 fully saturated rings. The quantitative estimate of drug-likeness (QED) is 0.00575. The second kappa shape index (κ2) is 55.8. The highest BCUT2D eigenvalue weighted by molar-refractivity contribution is 8.77. The first-order valence-electron chi connectivity index (χ1n) is 43.9. The van der Waals surface area contributed by atoms with Gasteiger partial charge in [0.15, 0.2) is 29.7 Å². The highest BCUT2D eigenvalue weighted by atomic mass is 33.1. The van der Waals surface area contributed by atoms with E-state index in [4.69, 9.17) is 39.6 Å². The lowest BCUT2D eigenvalue weighted by Crippen LogP contribution is -2.50. The Hall–Kier alpha value is -9.42. The maximum atomic E-state index is 14.4. The second-order valence-corrected chi connectivity index (χ2v) is 43.9. The Bertz CT molecular complexity index is 4960. The summed E-state index contributed by atoms with van der Waals surface area (Å²) >= 11 is 8.21. The van der Waals surface area contributed by atoms with Crippen LogP contribution in [0.4, 0.5) is 25.8 Å². The predicted molar refractivity (Wildman–Crippen MR) is 550 cm³/mol. The number of urea groups is 1. The molecule has 27 nitrogen and oxygen atoms in total. The lowest BCUT2D eigenvalue weighted by atomic mass is 9.88. The van der Waals surface area contributed by atoms with Gasteiger partial charge in [-0.3, -0.25) is 38.5 Å². The molecule has 6 atom stereocenters. The van der Waals surface area contributed by atoms with Crippen LogP contribution in [-0.4, -0.2) is 186 Å². The van der Waals surface area contributed by atoms with Crippen molar-refractivity contribution in [2.45, 2.75) is 282 Å². The van der Waals surface area contributed by atoms with Gasteiger partial charge in [-0.25, -0.2) is 24.2 Å². The van der Waals surface area contributed by atoms with E-state index in [0.29, 0.717) is 73.0 Å². The number of thiol groups is 2. The molecule has 2 unspecified atom stereocenters. The first kappa shape index (κ1) is 118. The minimum absolute atomic E-state index is 0. The Balaban J connectivity index is 0.00000102. The van der Waals surface area contributed by atoms with E-state index in [1.165, 1.54) is 46.1 Å². The van der Waals surface area contributed by atoms with Crippen molar-refractivity contribution in [1.29, 1.82) is 0 Å². The fourth-order valence-electron chi connectivity index (χ4n) is 14.4. The van der Waals surface area contributed by atoms with Crippen LogP contribution in [0.25, 0.3) is 0 Å². The molecule has 0 radical (unpaired) electrons. The van der Waals surface area contributed by atoms with E-state index in [-0.39, 0.29) is 212 Å². The van der Waals surface area contributed by atoms with Gasteiger partial charge in [0.1, 0.15) is 24.7 Å². The average Bonchev–Trinajstić information content (AvgIpc) is 1.61. The SMILES string of the molecule is C.C.C.C.C=C1C[C@H]2C(O)N(C(=O)OCc3ccc(CC(=O)[C@H](CCCNC(N)=O)NC(=O)[C@@H](CC(=O)CCCCCN4C(=O)C=CC4=O)C(C)C)cc3)c3cc(OCCCCCOc4cc5c(cc4OC)C(=O)N4CC(=C)C[C@H]4C(O)N5C(=O)OCc4ccc(SSC(C)(C)C)cc4)c(C)cc3C(=O)N2C1.CC(C)(C)S.CC(C)(C)SSc1ccc(CO)cc1.OCc1ccc(S)cc1. The molecule has 742 valence electrons. The molecule has 0 aliphatic carbocycles. The number of ketones is 2. The number of nitrogens with zero attached hydrogens (tertiary/aromatic N) is 5. The molecule has 5 aliphatic rings. The van der Waals surface area contributed by atoms with E-state index in [9.17, 15) is 58.2 Å². The van der Waals surface area contributed by atoms with Crippen LogP contribution in [0.5, 0.6) is 17.2 Å². The molecule has 6 aromatic rings. The molecule has 0 bridgehead atoms. The number of amides is 9. The van der Waals surface area contributed by atoms with Crippen LogP contribution < -0.4 is 40.4 Å². The van der Waals surface area contributed by atoms with Crippen molar-refractivity contribution in [2.75, 3.05) is 56.3 Å². The molecule has 5 aliphatic heterocycles. The number of hydrogen-bond acceptors (Lipinski definition) is 25. The summed E-state index contributed by atoms with van der Waals surface area (Å²) in [7, 11) is 8.48. The molecule has 0 aromatic heterocycles. The number of unbranched alkanes of at least 4 members (excludes halogenated alkanes) is 4. The van der Waals surface area contributed by atoms with Gasteiger partial charge in [-0.05, 0) is 153 Å². The molecular weight excluding hydrogens is 1830 g/mol. The van der Waals surface area contributed by atoms with Crippen LogP contribution >= 0.6 is 68.4 Å². The number of carbonyl (C=O) groups excluding carboxylic acids is 10. The number of hydrogen-bond donors (Lipinski definition) is 9. The van der Waals surface area contributed by atoms with Crippen molar-refractivity contribution in [2.24, 2.45) is 17.6 Å². The standard InChI is InChI=1S/C76H94N8O17S2.C11H16OS2.C7H8OS.C4H10S.4CH4/c1-45(2)54(37-52(85)17-12-10-13-30-80-66(87)27-28-67(80)88)68(89)79-57(18-16-29-78-73(77)94)62(86)36-49-19-21-50(22-20-49)43-100-74(95)83-58-39-63(48(5)35-55(58)69(90)81-41-46(3)33-60(81)71(83)92)98-31-14-11-15-32-99-65-40-59-56(38-64(65)97-9)70(91)82-42-47(4)34-61(82)72(93)84(59)75(96)101-44-51-23-25-53(26-24-51)102-103-76(6,7)8;1-11(2,3)14-13-10-6-4-9(8-12)5-7-10;8-5-6-1-3-7(9)4-2-6;1-4(2,3)5;;;;/h19-28,35,38-40,45,54,57,60-61,71-72,92-93H,3-4,10-18,29-34,36-37,41-44H2,1-2,5-9H3,(H,79,89)(H3,77,78,94);4-7,12H,8H2,1-3H3;1-4,8-9H,5H2;5H,1-3H3;4*1H4/t54-,57-,60-,61-,71?,72?;;;;;;;/m0......./s1. The number of aliphatic hydroxyl groups is 4. The van der Waals surface area contributed by atoms with Crippen LogP contribution in [0, 0.1) is 18.8 Å². The maximum Gasteiger partial charge on any atom is 0.416 e. The number of imide groups is 1. The summed E-state index contributed by atoms with van der Waals surface area (Å²) in [5.41, 5.74) is 11.5. The fourth-order valence-corrected chi connectivity index (χ4v) is 18.5. The minimum atomic E-state index is -1.55. The van der Waals surface area contributed by atoms with Gasteiger partial charge in [-0.2, -0.15) is 12.6 Å². The van der Waals surface area contributed by atoms with Crippen molar-refractivity contribution in [1.82, 2.24) is 25.3 Å². The molecular formula is C102H144N8O19S6. The topological polar surface area (TPSA) is 364 Å². The minimum Gasteiger partial charge on any atom is -0.493 e. The normalized spacial score (nSPS) is 16.3. The van der Waals surface area contributed by atoms with Gasteiger partial charge in [-0.15, -0.1) is 12.6 Å². The van der Waals surface area contributed by atoms with Crippen molar-refractivity contribution in [3.8, 4) is 17.2 Å². The summed E-state index contributed by atoms with van der Waals surface area (Å²) in [6.07, 6.45) is 1.95. The van der Waals surface area contributed by atoms with Crippen molar-refractivity contribution < 1.29 is 92.1 Å². The van der Waals surface area contributed by atoms with Crippen LogP contribution in [0.3, 0.4) is 0 Å². The van der Waals surface area contributed by atoms with E-state index < -0.39 is 72.4 Å². The molecule has 0 saturated carbocycles. The third kappa shape index (κ3) is 37.1. The van der Waals surface area contributed by atoms with Crippen LogP contribution in [0.2, 0.25) is 0 Å². The van der Waals surface area contributed by atoms with Crippen LogP contribution in [0.1, 0.15) is 237 Å².